The number of rotatable bonds is 6. The third-order valence-electron chi connectivity index (χ3n) is 9.58. The molecule has 0 bridgehead atoms. The van der Waals surface area contributed by atoms with Crippen LogP contribution in [0.2, 0.25) is 0 Å². The molecule has 5 heterocycles. The molecule has 12 nitrogen and oxygen atoms in total. The first-order valence-corrected chi connectivity index (χ1v) is 18.5. The van der Waals surface area contributed by atoms with E-state index in [0.29, 0.717) is 28.1 Å². The van der Waals surface area contributed by atoms with Gasteiger partial charge in [-0.25, -0.2) is 14.3 Å². The molecule has 5 aromatic carbocycles. The van der Waals surface area contributed by atoms with E-state index in [2.05, 4.69) is 25.5 Å². The van der Waals surface area contributed by atoms with E-state index in [1.54, 1.807) is 40.2 Å². The maximum absolute atomic E-state index is 12.5. The first-order chi connectivity index (χ1) is 28.3. The van der Waals surface area contributed by atoms with Crippen LogP contribution >= 0.6 is 0 Å². The number of hydrogen-bond donors (Lipinski definition) is 0. The Bertz CT molecular complexity index is 3200. The zero-order chi connectivity index (χ0) is 39.8. The van der Waals surface area contributed by atoms with E-state index >= 15 is 0 Å². The van der Waals surface area contributed by atoms with Crippen LogP contribution in [0.4, 0.5) is 0 Å². The molecule has 0 amide bonds. The van der Waals surface area contributed by atoms with Gasteiger partial charge in [-0.05, 0) is 68.3 Å². The zero-order valence-corrected chi connectivity index (χ0v) is 31.6. The molecule has 0 saturated carbocycles. The van der Waals surface area contributed by atoms with Crippen molar-refractivity contribution in [2.45, 2.75) is 20.8 Å². The lowest BCUT2D eigenvalue weighted by molar-refractivity contribution is 0.551. The summed E-state index contributed by atoms with van der Waals surface area (Å²) in [5.74, 6) is 0. The lowest BCUT2D eigenvalue weighted by atomic mass is 10.1. The second-order valence-electron chi connectivity index (χ2n) is 13.7. The Morgan fingerprint density at radius 2 is 0.983 bits per heavy atom. The minimum atomic E-state index is -0.452. The predicted molar refractivity (Wildman–Crippen MR) is 222 cm³/mol. The smallest absolute Gasteiger partial charge is 0.362 e. The normalized spacial score (nSPS) is 11.2. The molecule has 10 rings (SSSR count). The van der Waals surface area contributed by atoms with E-state index in [4.69, 9.17) is 8.83 Å². The number of hydrogen-bond acceptors (Lipinski definition) is 9. The molecule has 0 N–H and O–H groups in total. The van der Waals surface area contributed by atoms with Crippen molar-refractivity contribution in [1.29, 1.82) is 0 Å². The molecule has 0 spiro atoms. The highest BCUT2D eigenvalue weighted by Crippen LogP contribution is 2.26. The van der Waals surface area contributed by atoms with Crippen LogP contribution in [-0.2, 0) is 0 Å². The van der Waals surface area contributed by atoms with E-state index in [1.165, 1.54) is 4.68 Å². The second-order valence-corrected chi connectivity index (χ2v) is 13.7. The van der Waals surface area contributed by atoms with Gasteiger partial charge in [0.05, 0.1) is 34.5 Å². The molecule has 0 saturated heterocycles. The first-order valence-electron chi connectivity index (χ1n) is 18.5. The maximum atomic E-state index is 12.5. The Morgan fingerprint density at radius 3 is 1.48 bits per heavy atom. The van der Waals surface area contributed by atoms with Gasteiger partial charge in [-0.3, -0.25) is 0 Å². The largest absolute Gasteiger partial charge is 0.422 e. The molecule has 0 unspecified atom stereocenters. The van der Waals surface area contributed by atoms with Crippen LogP contribution in [0.3, 0.4) is 0 Å². The first kappa shape index (κ1) is 35.7. The maximum Gasteiger partial charge on any atom is 0.362 e. The van der Waals surface area contributed by atoms with E-state index in [-0.39, 0.29) is 5.63 Å². The summed E-state index contributed by atoms with van der Waals surface area (Å²) in [6, 6.07) is 44.2. The molecule has 0 atom stereocenters. The molecule has 0 aliphatic heterocycles. The molecular formula is C46H34N8O4. The van der Waals surface area contributed by atoms with Crippen molar-refractivity contribution >= 4 is 21.9 Å². The van der Waals surface area contributed by atoms with Crippen molar-refractivity contribution in [3.05, 3.63) is 190 Å². The van der Waals surface area contributed by atoms with Gasteiger partial charge in [-0.15, -0.1) is 10.2 Å². The fraction of sp³-hybridized carbons (Fsp3) is 0.0652. The fourth-order valence-electron chi connectivity index (χ4n) is 6.67. The number of benzene rings is 5. The van der Waals surface area contributed by atoms with Crippen molar-refractivity contribution in [1.82, 2.24) is 39.8 Å². The SMILES string of the molecule is Cc1cnn(-c2cc3ccc(-n4nc(C)c(-c5ccccc5)n4)cc3oc2=O)c1.Cc1nn(-c2ccc3cc(-c4ccccc4)c(=O)oc3c2)nc1-c1ccccc1. The molecule has 282 valence electrons. The average Bonchev–Trinajstić information content (AvgIpc) is 3.98. The van der Waals surface area contributed by atoms with Crippen molar-refractivity contribution < 1.29 is 8.83 Å². The highest BCUT2D eigenvalue weighted by Gasteiger charge is 2.15. The molecule has 0 aliphatic carbocycles. The standard InChI is InChI=1S/C24H17N3O2.C22H17N5O2/c1-16-23(18-10-6-3-7-11-18)26-27(25-16)20-13-12-19-14-21(17-8-4-2-5-9-17)24(28)29-22(19)15-20;1-14-12-23-26(13-14)19-10-17-8-9-18(11-20(17)29-22(19)28)27-24-15(2)21(25-27)16-6-4-3-5-7-16/h2-15H,1H3;3-13H,1-2H3. The summed E-state index contributed by atoms with van der Waals surface area (Å²) in [7, 11) is 0. The zero-order valence-electron chi connectivity index (χ0n) is 31.6. The highest BCUT2D eigenvalue weighted by molar-refractivity contribution is 5.83. The van der Waals surface area contributed by atoms with Crippen LogP contribution in [0.5, 0.6) is 0 Å². The molecular weight excluding hydrogens is 729 g/mol. The second kappa shape index (κ2) is 14.9. The molecule has 12 heteroatoms. The monoisotopic (exact) mass is 762 g/mol. The van der Waals surface area contributed by atoms with Gasteiger partial charge in [0.15, 0.2) is 5.69 Å². The number of aryl methyl sites for hydroxylation is 3. The summed E-state index contributed by atoms with van der Waals surface area (Å²) in [5, 5.41) is 24.1. The van der Waals surface area contributed by atoms with Crippen molar-refractivity contribution in [3.63, 3.8) is 0 Å². The topological polar surface area (TPSA) is 140 Å². The lowest BCUT2D eigenvalue weighted by Gasteiger charge is -2.04. The average molecular weight is 763 g/mol. The number of nitrogens with zero attached hydrogens (tertiary/aromatic N) is 8. The van der Waals surface area contributed by atoms with Gasteiger partial charge in [0.2, 0.25) is 0 Å². The van der Waals surface area contributed by atoms with Crippen molar-refractivity contribution in [2.24, 2.45) is 0 Å². The summed E-state index contributed by atoms with van der Waals surface area (Å²) < 4.78 is 12.7. The third kappa shape index (κ3) is 7.01. The van der Waals surface area contributed by atoms with Gasteiger partial charge < -0.3 is 8.83 Å². The highest BCUT2D eigenvalue weighted by atomic mass is 16.4. The summed E-state index contributed by atoms with van der Waals surface area (Å²) in [4.78, 5) is 28.1. The summed E-state index contributed by atoms with van der Waals surface area (Å²) in [6.07, 6.45) is 3.48. The van der Waals surface area contributed by atoms with E-state index in [1.807, 2.05) is 142 Å². The van der Waals surface area contributed by atoms with Gasteiger partial charge >= 0.3 is 11.3 Å². The minimum Gasteiger partial charge on any atom is -0.422 e. The van der Waals surface area contributed by atoms with Gasteiger partial charge in [-0.2, -0.15) is 24.9 Å². The molecule has 0 aliphatic rings. The third-order valence-corrected chi connectivity index (χ3v) is 9.58. The summed E-state index contributed by atoms with van der Waals surface area (Å²) in [6.45, 7) is 5.77. The predicted octanol–water partition coefficient (Wildman–Crippen LogP) is 8.86. The Kier molecular flexibility index (Phi) is 9.18. The minimum absolute atomic E-state index is 0.365. The van der Waals surface area contributed by atoms with Gasteiger partial charge in [0, 0.05) is 40.2 Å². The van der Waals surface area contributed by atoms with Gasteiger partial charge in [0.1, 0.15) is 22.6 Å². The summed E-state index contributed by atoms with van der Waals surface area (Å²) in [5.41, 5.74) is 9.64. The molecule has 0 fully saturated rings. The van der Waals surface area contributed by atoms with Crippen LogP contribution < -0.4 is 11.3 Å². The van der Waals surface area contributed by atoms with Crippen LogP contribution in [-0.4, -0.2) is 39.8 Å². The van der Waals surface area contributed by atoms with E-state index in [0.717, 1.165) is 61.5 Å². The quantitative estimate of drug-likeness (QED) is 0.152. The van der Waals surface area contributed by atoms with Crippen molar-refractivity contribution in [2.75, 3.05) is 0 Å². The molecule has 58 heavy (non-hydrogen) atoms. The lowest BCUT2D eigenvalue weighted by Crippen LogP contribution is -2.10. The Morgan fingerprint density at radius 1 is 0.500 bits per heavy atom. The van der Waals surface area contributed by atoms with Crippen LogP contribution in [0.25, 0.3) is 72.6 Å². The molecule has 5 aromatic heterocycles. The summed E-state index contributed by atoms with van der Waals surface area (Å²) >= 11 is 0. The van der Waals surface area contributed by atoms with Crippen LogP contribution in [0, 0.1) is 20.8 Å². The number of fused-ring (bicyclic) bond motifs is 2. The van der Waals surface area contributed by atoms with E-state index < -0.39 is 5.63 Å². The Balaban J connectivity index is 0.000000150. The van der Waals surface area contributed by atoms with Crippen LogP contribution in [0.1, 0.15) is 17.0 Å². The van der Waals surface area contributed by atoms with E-state index in [9.17, 15) is 9.59 Å². The Labute approximate surface area is 330 Å². The fourth-order valence-corrected chi connectivity index (χ4v) is 6.67. The molecule has 10 aromatic rings. The molecule has 0 radical (unpaired) electrons. The van der Waals surface area contributed by atoms with Crippen molar-refractivity contribution in [3.8, 4) is 50.7 Å². The van der Waals surface area contributed by atoms with Gasteiger partial charge in [0.25, 0.3) is 0 Å². The Hall–Kier alpha value is -7.99. The van der Waals surface area contributed by atoms with Crippen LogP contribution in [0.15, 0.2) is 170 Å². The number of aromatic nitrogens is 8. The van der Waals surface area contributed by atoms with Gasteiger partial charge in [-0.1, -0.05) is 91.0 Å².